The van der Waals surface area contributed by atoms with Gasteiger partial charge < -0.3 is 19.5 Å². The number of phenols is 1. The Morgan fingerprint density at radius 1 is 1.20 bits per heavy atom. The van der Waals surface area contributed by atoms with E-state index in [1.165, 1.54) is 25.0 Å². The summed E-state index contributed by atoms with van der Waals surface area (Å²) in [7, 11) is 1.59. The van der Waals surface area contributed by atoms with E-state index in [2.05, 4.69) is 30.6 Å². The zero-order chi connectivity index (χ0) is 31.0. The second-order valence-electron chi connectivity index (χ2n) is 13.7. The molecule has 5 atom stereocenters. The van der Waals surface area contributed by atoms with Crippen LogP contribution in [0.25, 0.3) is 0 Å². The molecular weight excluding hydrogens is 569 g/mol. The van der Waals surface area contributed by atoms with E-state index in [4.69, 9.17) is 9.47 Å². The Hall–Kier alpha value is -3.38. The number of halogens is 3. The molecule has 1 saturated heterocycles. The third-order valence-electron chi connectivity index (χ3n) is 10.7. The second kappa shape index (κ2) is 10.6. The van der Waals surface area contributed by atoms with Crippen LogP contribution in [0, 0.1) is 29.6 Å². The summed E-state index contributed by atoms with van der Waals surface area (Å²) in [5.74, 6) is 7.94. The molecule has 2 aromatic carbocycles. The van der Waals surface area contributed by atoms with Gasteiger partial charge in [0.2, 0.25) is 0 Å². The summed E-state index contributed by atoms with van der Waals surface area (Å²) in [6.45, 7) is 6.65. The summed E-state index contributed by atoms with van der Waals surface area (Å²) in [5.41, 5.74) is 1.28. The van der Waals surface area contributed by atoms with Gasteiger partial charge >= 0.3 is 6.18 Å². The van der Waals surface area contributed by atoms with Crippen molar-refractivity contribution in [1.82, 2.24) is 9.80 Å². The van der Waals surface area contributed by atoms with Crippen molar-refractivity contribution < 1.29 is 32.5 Å². The molecule has 6 nitrogen and oxygen atoms in total. The molecule has 234 valence electrons. The molecule has 5 aliphatic rings. The normalized spacial score (nSPS) is 28.5. The van der Waals surface area contributed by atoms with Gasteiger partial charge in [0.15, 0.2) is 11.5 Å². The summed E-state index contributed by atoms with van der Waals surface area (Å²) in [6.07, 6.45) is 1.20. The Kier molecular flexibility index (Phi) is 7.08. The van der Waals surface area contributed by atoms with Crippen LogP contribution < -0.4 is 9.47 Å². The number of rotatable bonds is 6. The first-order valence-electron chi connectivity index (χ1n) is 15.8. The van der Waals surface area contributed by atoms with E-state index in [1.54, 1.807) is 13.2 Å². The van der Waals surface area contributed by atoms with Crippen LogP contribution in [0.4, 0.5) is 13.2 Å². The third-order valence-corrected chi connectivity index (χ3v) is 10.7. The van der Waals surface area contributed by atoms with Crippen LogP contribution in [-0.4, -0.2) is 65.7 Å². The first-order chi connectivity index (χ1) is 21.0. The zero-order valence-electron chi connectivity index (χ0n) is 25.4. The molecule has 3 aliphatic carbocycles. The lowest BCUT2D eigenvalue weighted by molar-refractivity contribution is -0.138. The van der Waals surface area contributed by atoms with Crippen molar-refractivity contribution in [3.05, 3.63) is 52.6 Å². The second-order valence-corrected chi connectivity index (χ2v) is 13.7. The number of amides is 1. The number of carbonyl (C=O) groups excluding carboxylic acids is 1. The number of nitrogens with zero attached hydrogens (tertiary/aromatic N) is 2. The van der Waals surface area contributed by atoms with Gasteiger partial charge in [-0.3, -0.25) is 9.69 Å². The Morgan fingerprint density at radius 2 is 1.95 bits per heavy atom. The fraction of sp³-hybridized carbons (Fsp3) is 0.571. The number of piperidine rings is 1. The average molecular weight is 609 g/mol. The molecule has 2 aromatic rings. The summed E-state index contributed by atoms with van der Waals surface area (Å²) in [5, 5.41) is 11.3. The van der Waals surface area contributed by atoms with Gasteiger partial charge in [-0.1, -0.05) is 19.8 Å². The van der Waals surface area contributed by atoms with E-state index in [9.17, 15) is 23.1 Å². The summed E-state index contributed by atoms with van der Waals surface area (Å²) in [6, 6.07) is 6.31. The molecule has 2 aliphatic heterocycles. The predicted molar refractivity (Wildman–Crippen MR) is 159 cm³/mol. The lowest BCUT2D eigenvalue weighted by Gasteiger charge is -2.60. The van der Waals surface area contributed by atoms with Gasteiger partial charge in [0.25, 0.3) is 5.91 Å². The van der Waals surface area contributed by atoms with Crippen molar-refractivity contribution in [1.29, 1.82) is 0 Å². The van der Waals surface area contributed by atoms with Crippen molar-refractivity contribution >= 4 is 5.91 Å². The largest absolute Gasteiger partial charge is 0.508 e. The average Bonchev–Trinajstić information content (AvgIpc) is 3.74. The SMILES string of the molecule is COc1cc(O)c2c3c1O[C@H]1[C@@H](N(CC(C)C)C(=O)C#Cc4ccc(C(F)(F)F)cc4)CC[C@H]4[C@@H](C2)N(CC2CC2)CC[C@@]341. The standard InChI is InChI=1S/C35H39F3N2O4/c1-20(2)18-40(30(42)13-8-21-6-9-23(10-7-21)35(36,37)38)26-12-11-25-27-16-24-28(41)17-29(43-3)32-31(24)34(25,33(26)44-32)14-15-39(27)19-22-4-5-22/h6-7,9-10,17,20,22,25-27,33,41H,4-5,11-12,14-16,18-19H2,1-3H3/t25-,26-,27+,33-,34-/m0/s1. The van der Waals surface area contributed by atoms with Gasteiger partial charge in [-0.05, 0) is 87.1 Å². The first-order valence-corrected chi connectivity index (χ1v) is 15.8. The predicted octanol–water partition coefficient (Wildman–Crippen LogP) is 5.77. The number of likely N-dealkylation sites (tertiary alicyclic amines) is 1. The van der Waals surface area contributed by atoms with E-state index < -0.39 is 11.7 Å². The minimum Gasteiger partial charge on any atom is -0.508 e. The summed E-state index contributed by atoms with van der Waals surface area (Å²) < 4.78 is 51.7. The zero-order valence-corrected chi connectivity index (χ0v) is 25.4. The summed E-state index contributed by atoms with van der Waals surface area (Å²) >= 11 is 0. The molecule has 1 amide bonds. The van der Waals surface area contributed by atoms with Crippen LogP contribution in [0.1, 0.15) is 68.2 Å². The number of ether oxygens (including phenoxy) is 2. The van der Waals surface area contributed by atoms with Crippen LogP contribution >= 0.6 is 0 Å². The van der Waals surface area contributed by atoms with E-state index in [0.717, 1.165) is 68.0 Å². The highest BCUT2D eigenvalue weighted by Gasteiger charge is 2.67. The van der Waals surface area contributed by atoms with Gasteiger partial charge in [0.1, 0.15) is 11.9 Å². The number of hydrogen-bond acceptors (Lipinski definition) is 5. The minimum absolute atomic E-state index is 0.166. The van der Waals surface area contributed by atoms with Crippen LogP contribution in [0.5, 0.6) is 17.2 Å². The molecular formula is C35H39F3N2O4. The monoisotopic (exact) mass is 608 g/mol. The van der Waals surface area contributed by atoms with E-state index in [-0.39, 0.29) is 35.1 Å². The molecule has 3 fully saturated rings. The van der Waals surface area contributed by atoms with E-state index >= 15 is 0 Å². The van der Waals surface area contributed by atoms with Crippen LogP contribution in [-0.2, 0) is 22.8 Å². The molecule has 0 radical (unpaired) electrons. The van der Waals surface area contributed by atoms with Crippen molar-refractivity contribution in [2.45, 2.75) is 82.2 Å². The molecule has 44 heavy (non-hydrogen) atoms. The highest BCUT2D eigenvalue weighted by atomic mass is 19.4. The van der Waals surface area contributed by atoms with Gasteiger partial charge in [0.05, 0.1) is 18.7 Å². The smallest absolute Gasteiger partial charge is 0.416 e. The molecule has 1 N–H and O–H groups in total. The first kappa shape index (κ1) is 29.3. The molecule has 2 bridgehead atoms. The van der Waals surface area contributed by atoms with E-state index in [0.29, 0.717) is 35.6 Å². The number of carbonyl (C=O) groups is 1. The van der Waals surface area contributed by atoms with Crippen LogP contribution in [0.2, 0.25) is 0 Å². The molecule has 0 aromatic heterocycles. The highest BCUT2D eigenvalue weighted by molar-refractivity contribution is 5.94. The molecule has 2 saturated carbocycles. The van der Waals surface area contributed by atoms with Crippen LogP contribution in [0.15, 0.2) is 30.3 Å². The number of aromatic hydroxyl groups is 1. The van der Waals surface area contributed by atoms with Gasteiger partial charge in [-0.15, -0.1) is 0 Å². The summed E-state index contributed by atoms with van der Waals surface area (Å²) in [4.78, 5) is 18.4. The fourth-order valence-electron chi connectivity index (χ4n) is 8.68. The fourth-order valence-corrected chi connectivity index (χ4v) is 8.68. The third kappa shape index (κ3) is 4.72. The van der Waals surface area contributed by atoms with Gasteiger partial charge in [-0.25, -0.2) is 0 Å². The number of phenolic OH excluding ortho intramolecular Hbond substituents is 1. The molecule has 9 heteroatoms. The number of hydrogen-bond donors (Lipinski definition) is 1. The van der Waals surface area contributed by atoms with Crippen molar-refractivity contribution in [2.75, 3.05) is 26.7 Å². The lowest BCUT2D eigenvalue weighted by atomic mass is 9.50. The van der Waals surface area contributed by atoms with E-state index in [1.807, 2.05) is 4.90 Å². The van der Waals surface area contributed by atoms with Crippen molar-refractivity contribution in [3.63, 3.8) is 0 Å². The highest BCUT2D eigenvalue weighted by Crippen LogP contribution is 2.65. The number of benzene rings is 2. The van der Waals surface area contributed by atoms with Gasteiger partial charge in [-0.2, -0.15) is 13.2 Å². The quantitative estimate of drug-likeness (QED) is 0.422. The van der Waals surface area contributed by atoms with Crippen LogP contribution in [0.3, 0.4) is 0 Å². The van der Waals surface area contributed by atoms with Crippen molar-refractivity contribution in [2.24, 2.45) is 17.8 Å². The number of methoxy groups -OCH3 is 1. The van der Waals surface area contributed by atoms with Crippen molar-refractivity contribution in [3.8, 4) is 29.1 Å². The molecule has 7 rings (SSSR count). The Morgan fingerprint density at radius 3 is 2.61 bits per heavy atom. The molecule has 1 spiro atoms. The lowest BCUT2D eigenvalue weighted by Crippen LogP contribution is -2.69. The maximum atomic E-state index is 13.9. The minimum atomic E-state index is -4.43. The Balaban J connectivity index is 1.25. The molecule has 2 heterocycles. The number of alkyl halides is 3. The maximum Gasteiger partial charge on any atom is 0.416 e. The Bertz CT molecular complexity index is 1520. The Labute approximate surface area is 256 Å². The van der Waals surface area contributed by atoms with Gasteiger partial charge in [0, 0.05) is 53.2 Å². The topological polar surface area (TPSA) is 62.2 Å². The molecule has 0 unspecified atom stereocenters. The maximum absolute atomic E-state index is 13.9.